The second-order valence-electron chi connectivity index (χ2n) is 13.3. The number of anilines is 1. The monoisotopic (exact) mass is 795 g/mol. The summed E-state index contributed by atoms with van der Waals surface area (Å²) in [7, 11) is 5.21. The maximum atomic E-state index is 9.43. The fourth-order valence-electron chi connectivity index (χ4n) is 6.51. The predicted molar refractivity (Wildman–Crippen MR) is 236 cm³/mol. The Morgan fingerprint density at radius 1 is 0.544 bits per heavy atom. The number of thiophene rings is 1. The van der Waals surface area contributed by atoms with Gasteiger partial charge in [0.1, 0.15) is 23.0 Å². The summed E-state index contributed by atoms with van der Waals surface area (Å²) in [5.74, 6) is 3.30. The highest BCUT2D eigenvalue weighted by Crippen LogP contribution is 2.42. The highest BCUT2D eigenvalue weighted by atomic mass is 32.2. The zero-order chi connectivity index (χ0) is 40.3. The number of nitrogen functional groups attached to an aromatic ring is 1. The van der Waals surface area contributed by atoms with Crippen molar-refractivity contribution >= 4 is 40.7 Å². The standard InChI is InChI=1S/C28H27NO2S.C19H19BO4S/c1-19-4-11-23(29)18-27(19)20-9-16-26(17-10-20)32-28(21-5-12-24(30-2)13-6-21)22-7-14-25(31-3)15-8-22;1-23-16-7-3-13(4-8-16)19(14-5-9-17(24-2)10-6-14)15-11-18(20(21)22)25-12-15/h4-18,28H,29H2,1-3H3;3-12,19,21-22H,1-2H3. The Morgan fingerprint density at radius 2 is 0.982 bits per heavy atom. The van der Waals surface area contributed by atoms with Gasteiger partial charge in [0, 0.05) is 21.3 Å². The molecule has 7 nitrogen and oxygen atoms in total. The van der Waals surface area contributed by atoms with E-state index in [9.17, 15) is 10.0 Å². The van der Waals surface area contributed by atoms with E-state index in [1.807, 2.05) is 108 Å². The molecule has 0 amide bonds. The van der Waals surface area contributed by atoms with Crippen LogP contribution in [-0.2, 0) is 0 Å². The molecule has 0 unspecified atom stereocenters. The molecular weight excluding hydrogens is 749 g/mol. The highest BCUT2D eigenvalue weighted by Gasteiger charge is 2.22. The number of rotatable bonds is 13. The molecule has 57 heavy (non-hydrogen) atoms. The Morgan fingerprint density at radius 3 is 1.39 bits per heavy atom. The summed E-state index contributed by atoms with van der Waals surface area (Å²) in [5.41, 5.74) is 16.0. The van der Waals surface area contributed by atoms with E-state index < -0.39 is 7.12 Å². The fraction of sp³-hybridized carbons (Fsp3) is 0.149. The van der Waals surface area contributed by atoms with Crippen LogP contribution in [0.5, 0.6) is 23.0 Å². The van der Waals surface area contributed by atoms with Gasteiger partial charge in [-0.1, -0.05) is 66.7 Å². The van der Waals surface area contributed by atoms with Gasteiger partial charge < -0.3 is 34.7 Å². The van der Waals surface area contributed by atoms with Crippen LogP contribution in [0.15, 0.2) is 156 Å². The van der Waals surface area contributed by atoms with Gasteiger partial charge in [-0.3, -0.25) is 0 Å². The third-order valence-corrected chi connectivity index (χ3v) is 12.0. The van der Waals surface area contributed by atoms with Gasteiger partial charge in [0.05, 0.1) is 33.7 Å². The number of methoxy groups -OCH3 is 4. The Balaban J connectivity index is 0.000000199. The smallest absolute Gasteiger partial charge is 0.497 e. The van der Waals surface area contributed by atoms with Gasteiger partial charge in [0.15, 0.2) is 0 Å². The minimum absolute atomic E-state index is 0.0134. The lowest BCUT2D eigenvalue weighted by atomic mass is 9.83. The first-order chi connectivity index (χ1) is 27.7. The molecule has 0 aliphatic carbocycles. The molecule has 0 bridgehead atoms. The molecule has 1 heterocycles. The van der Waals surface area contributed by atoms with Crippen molar-refractivity contribution in [3.63, 3.8) is 0 Å². The molecular formula is C47H46BNO6S2. The number of nitrogens with two attached hydrogens (primary N) is 1. The molecule has 0 spiro atoms. The van der Waals surface area contributed by atoms with Crippen molar-refractivity contribution in [2.75, 3.05) is 34.2 Å². The molecule has 7 rings (SSSR count). The topological polar surface area (TPSA) is 103 Å². The number of aryl methyl sites for hydroxylation is 1. The fourth-order valence-corrected chi connectivity index (χ4v) is 8.46. The van der Waals surface area contributed by atoms with E-state index in [1.165, 1.54) is 44.0 Å². The Bertz CT molecular complexity index is 2220. The van der Waals surface area contributed by atoms with Crippen LogP contribution in [0.2, 0.25) is 0 Å². The molecule has 0 saturated carbocycles. The molecule has 0 aliphatic heterocycles. The number of hydrogen-bond acceptors (Lipinski definition) is 9. The molecule has 0 saturated heterocycles. The van der Waals surface area contributed by atoms with Crippen LogP contribution < -0.4 is 29.5 Å². The first-order valence-corrected chi connectivity index (χ1v) is 20.1. The number of hydrogen-bond donors (Lipinski definition) is 3. The van der Waals surface area contributed by atoms with Crippen molar-refractivity contribution in [3.8, 4) is 34.1 Å². The first-order valence-electron chi connectivity index (χ1n) is 18.3. The maximum Gasteiger partial charge on any atom is 0.499 e. The lowest BCUT2D eigenvalue weighted by Gasteiger charge is -2.19. The lowest BCUT2D eigenvalue weighted by Crippen LogP contribution is -2.26. The molecule has 1 aromatic heterocycles. The highest BCUT2D eigenvalue weighted by molar-refractivity contribution is 7.99. The number of ether oxygens (including phenoxy) is 4. The Kier molecular flexibility index (Phi) is 14.0. The van der Waals surface area contributed by atoms with E-state index in [0.29, 0.717) is 4.78 Å². The van der Waals surface area contributed by atoms with Crippen molar-refractivity contribution < 1.29 is 29.0 Å². The van der Waals surface area contributed by atoms with Crippen LogP contribution in [0.25, 0.3) is 11.1 Å². The second kappa shape index (κ2) is 19.5. The summed E-state index contributed by atoms with van der Waals surface area (Å²) in [5, 5.41) is 21.0. The first kappa shape index (κ1) is 41.0. The normalized spacial score (nSPS) is 10.8. The summed E-state index contributed by atoms with van der Waals surface area (Å²) in [4.78, 5) is 1.20. The SMILES string of the molecule is COc1ccc(C(Sc2ccc(-c3cc(N)ccc3C)cc2)c2ccc(OC)cc2)cc1.COc1ccc(C(c2ccc(OC)cc2)c2csc(B(O)O)c2)cc1. The van der Waals surface area contributed by atoms with Crippen molar-refractivity contribution in [2.24, 2.45) is 0 Å². The van der Waals surface area contributed by atoms with Gasteiger partial charge in [0.2, 0.25) is 0 Å². The van der Waals surface area contributed by atoms with Gasteiger partial charge in [-0.15, -0.1) is 11.8 Å². The summed E-state index contributed by atoms with van der Waals surface area (Å²) in [6.07, 6.45) is 0. The number of benzene rings is 6. The van der Waals surface area contributed by atoms with Gasteiger partial charge in [0.25, 0.3) is 0 Å². The van der Waals surface area contributed by atoms with Crippen molar-refractivity contribution in [2.45, 2.75) is 23.0 Å². The zero-order valence-corrected chi connectivity index (χ0v) is 34.2. The maximum absolute atomic E-state index is 9.43. The minimum Gasteiger partial charge on any atom is -0.497 e. The molecule has 10 heteroatoms. The van der Waals surface area contributed by atoms with Crippen LogP contribution in [0.3, 0.4) is 0 Å². The van der Waals surface area contributed by atoms with E-state index in [4.69, 9.17) is 24.7 Å². The molecule has 7 aromatic rings. The van der Waals surface area contributed by atoms with E-state index in [0.717, 1.165) is 45.4 Å². The van der Waals surface area contributed by atoms with Crippen molar-refractivity contribution in [1.82, 2.24) is 0 Å². The molecule has 0 fully saturated rings. The van der Waals surface area contributed by atoms with Gasteiger partial charge in [-0.05, 0) is 136 Å². The summed E-state index contributed by atoms with van der Waals surface area (Å²) < 4.78 is 21.7. The summed E-state index contributed by atoms with van der Waals surface area (Å²) in [6.45, 7) is 2.11. The predicted octanol–water partition coefficient (Wildman–Crippen LogP) is 9.77. The molecule has 0 aliphatic rings. The molecule has 290 valence electrons. The van der Waals surface area contributed by atoms with E-state index >= 15 is 0 Å². The minimum atomic E-state index is -1.45. The van der Waals surface area contributed by atoms with E-state index in [1.54, 1.807) is 28.4 Å². The number of thioether (sulfide) groups is 1. The average Bonchev–Trinajstić information content (AvgIpc) is 3.75. The van der Waals surface area contributed by atoms with Crippen LogP contribution in [0.4, 0.5) is 5.69 Å². The van der Waals surface area contributed by atoms with Gasteiger partial charge in [-0.25, -0.2) is 0 Å². The Labute approximate surface area is 343 Å². The largest absolute Gasteiger partial charge is 0.499 e. The van der Waals surface area contributed by atoms with Crippen LogP contribution in [0.1, 0.15) is 44.5 Å². The van der Waals surface area contributed by atoms with Crippen molar-refractivity contribution in [1.29, 1.82) is 0 Å². The van der Waals surface area contributed by atoms with Crippen molar-refractivity contribution in [3.05, 3.63) is 184 Å². The molecule has 0 radical (unpaired) electrons. The van der Waals surface area contributed by atoms with E-state index in [2.05, 4.69) is 61.5 Å². The lowest BCUT2D eigenvalue weighted by molar-refractivity contribution is 0.414. The molecule has 4 N–H and O–H groups in total. The third-order valence-electron chi connectivity index (χ3n) is 9.64. The summed E-state index contributed by atoms with van der Waals surface area (Å²) in [6, 6.07) is 49.0. The van der Waals surface area contributed by atoms with Gasteiger partial charge in [-0.2, -0.15) is 11.3 Å². The molecule has 6 aromatic carbocycles. The summed E-state index contributed by atoms with van der Waals surface area (Å²) >= 11 is 3.17. The van der Waals surface area contributed by atoms with Crippen LogP contribution >= 0.6 is 23.1 Å². The quantitative estimate of drug-likeness (QED) is 0.0603. The van der Waals surface area contributed by atoms with Crippen LogP contribution in [0, 0.1) is 6.92 Å². The Hall–Kier alpha value is -5.65. The van der Waals surface area contributed by atoms with E-state index in [-0.39, 0.29) is 11.2 Å². The molecule has 0 atom stereocenters. The average molecular weight is 796 g/mol. The van der Waals surface area contributed by atoms with Gasteiger partial charge >= 0.3 is 7.12 Å². The third kappa shape index (κ3) is 10.4. The zero-order valence-electron chi connectivity index (χ0n) is 32.6. The van der Waals surface area contributed by atoms with Crippen LogP contribution in [-0.4, -0.2) is 45.6 Å². The second-order valence-corrected chi connectivity index (χ2v) is 15.4.